The van der Waals surface area contributed by atoms with Crippen molar-refractivity contribution in [2.24, 2.45) is 0 Å². The molecule has 1 fully saturated rings. The minimum atomic E-state index is -3.69. The molecular formula is C23H26N2O8S. The molecule has 1 aliphatic heterocycles. The van der Waals surface area contributed by atoms with Crippen LogP contribution in [0.2, 0.25) is 0 Å². The molecule has 11 heteroatoms. The zero-order valence-electron chi connectivity index (χ0n) is 19.2. The van der Waals surface area contributed by atoms with Gasteiger partial charge in [-0.05, 0) is 42.0 Å². The van der Waals surface area contributed by atoms with Crippen molar-refractivity contribution >= 4 is 27.5 Å². The van der Waals surface area contributed by atoms with Crippen molar-refractivity contribution in [1.29, 1.82) is 0 Å². The number of hydrogen-bond acceptors (Lipinski definition) is 8. The van der Waals surface area contributed by atoms with E-state index in [4.69, 9.17) is 9.47 Å². The first-order chi connectivity index (χ1) is 16.0. The van der Waals surface area contributed by atoms with Crippen molar-refractivity contribution in [3.8, 4) is 11.5 Å². The number of aromatic hydroxyl groups is 1. The predicted octanol–water partition coefficient (Wildman–Crippen LogP) is 1.72. The number of phenolic OH excluding ortho intramolecular Hbond substituents is 1. The van der Waals surface area contributed by atoms with Gasteiger partial charge >= 0.3 is 0 Å². The Morgan fingerprint density at radius 1 is 1.09 bits per heavy atom. The molecular weight excluding hydrogens is 464 g/mol. The standard InChI is InChI=1S/C23H26N2O8S/c1-24(2)34(30,31)16-8-5-14(6-9-16)21(27)19-20(15-7-10-17(26)18(13-15)33-4)25(11-12-32-3)23(29)22(19)28/h5-10,13,20,26-27H,11-12H2,1-4H3/t20-/m0/s1. The summed E-state index contributed by atoms with van der Waals surface area (Å²) in [6.07, 6.45) is 0. The maximum Gasteiger partial charge on any atom is 0.295 e. The number of carbonyl (C=O) groups is 2. The lowest BCUT2D eigenvalue weighted by Gasteiger charge is -2.25. The molecule has 2 N–H and O–H groups in total. The fourth-order valence-corrected chi connectivity index (χ4v) is 4.56. The number of hydrogen-bond donors (Lipinski definition) is 2. The van der Waals surface area contributed by atoms with Crippen LogP contribution in [0.15, 0.2) is 52.9 Å². The van der Waals surface area contributed by atoms with Crippen molar-refractivity contribution in [2.45, 2.75) is 10.9 Å². The Labute approximate surface area is 197 Å². The van der Waals surface area contributed by atoms with E-state index in [0.29, 0.717) is 5.56 Å². The number of likely N-dealkylation sites (tertiary alicyclic amines) is 1. The molecule has 1 heterocycles. The average Bonchev–Trinajstić information content (AvgIpc) is 3.07. The smallest absolute Gasteiger partial charge is 0.295 e. The Bertz CT molecular complexity index is 1240. The second kappa shape index (κ2) is 9.84. The summed E-state index contributed by atoms with van der Waals surface area (Å²) in [5, 5.41) is 21.0. The first-order valence-corrected chi connectivity index (χ1v) is 11.7. The van der Waals surface area contributed by atoms with Crippen LogP contribution < -0.4 is 4.74 Å². The number of amides is 1. The number of nitrogens with zero attached hydrogens (tertiary/aromatic N) is 2. The van der Waals surface area contributed by atoms with E-state index in [0.717, 1.165) is 4.31 Å². The van der Waals surface area contributed by atoms with E-state index in [2.05, 4.69) is 0 Å². The molecule has 0 saturated carbocycles. The molecule has 3 rings (SSSR count). The van der Waals surface area contributed by atoms with E-state index in [1.165, 1.54) is 75.7 Å². The van der Waals surface area contributed by atoms with E-state index < -0.39 is 33.5 Å². The molecule has 1 atom stereocenters. The van der Waals surface area contributed by atoms with E-state index in [1.54, 1.807) is 0 Å². The minimum Gasteiger partial charge on any atom is -0.507 e. The Hall–Kier alpha value is -3.41. The number of carbonyl (C=O) groups excluding carboxylic acids is 2. The Morgan fingerprint density at radius 3 is 2.29 bits per heavy atom. The molecule has 0 unspecified atom stereocenters. The number of rotatable bonds is 8. The third-order valence-electron chi connectivity index (χ3n) is 5.50. The lowest BCUT2D eigenvalue weighted by molar-refractivity contribution is -0.140. The van der Waals surface area contributed by atoms with Crippen molar-refractivity contribution in [1.82, 2.24) is 9.21 Å². The van der Waals surface area contributed by atoms with Crippen molar-refractivity contribution < 1.29 is 37.7 Å². The monoisotopic (exact) mass is 490 g/mol. The largest absolute Gasteiger partial charge is 0.507 e. The SMILES string of the molecule is COCCN1C(=O)C(=O)C(=C(O)c2ccc(S(=O)(=O)N(C)C)cc2)[C@@H]1c1ccc(O)c(OC)c1. The first kappa shape index (κ1) is 25.2. The number of ketones is 1. The Balaban J connectivity index is 2.16. The van der Waals surface area contributed by atoms with Gasteiger partial charge in [0.2, 0.25) is 10.0 Å². The third-order valence-corrected chi connectivity index (χ3v) is 7.33. The van der Waals surface area contributed by atoms with Gasteiger partial charge in [-0.15, -0.1) is 0 Å². The number of sulfonamides is 1. The summed E-state index contributed by atoms with van der Waals surface area (Å²) < 4.78 is 36.0. The molecule has 1 amide bonds. The van der Waals surface area contributed by atoms with Crippen molar-refractivity contribution in [2.75, 3.05) is 41.5 Å². The van der Waals surface area contributed by atoms with Gasteiger partial charge in [-0.1, -0.05) is 6.07 Å². The van der Waals surface area contributed by atoms with E-state index in [-0.39, 0.29) is 40.7 Å². The summed E-state index contributed by atoms with van der Waals surface area (Å²) in [4.78, 5) is 27.1. The van der Waals surface area contributed by atoms with Gasteiger partial charge in [0.25, 0.3) is 11.7 Å². The van der Waals surface area contributed by atoms with Crippen LogP contribution in [0.5, 0.6) is 11.5 Å². The van der Waals surface area contributed by atoms with Gasteiger partial charge in [0.05, 0.1) is 30.2 Å². The van der Waals surface area contributed by atoms with Crippen LogP contribution in [0.4, 0.5) is 0 Å². The summed E-state index contributed by atoms with van der Waals surface area (Å²) >= 11 is 0. The van der Waals surface area contributed by atoms with Gasteiger partial charge in [-0.25, -0.2) is 12.7 Å². The summed E-state index contributed by atoms with van der Waals surface area (Å²) in [5.74, 6) is -2.16. The molecule has 2 aromatic carbocycles. The Kier molecular flexibility index (Phi) is 7.29. The normalized spacial score (nSPS) is 18.0. The maximum absolute atomic E-state index is 13.0. The molecule has 0 bridgehead atoms. The van der Waals surface area contributed by atoms with Crippen LogP contribution >= 0.6 is 0 Å². The Morgan fingerprint density at radius 2 is 1.74 bits per heavy atom. The second-order valence-electron chi connectivity index (χ2n) is 7.73. The van der Waals surface area contributed by atoms with E-state index in [1.807, 2.05) is 0 Å². The van der Waals surface area contributed by atoms with Gasteiger partial charge in [-0.3, -0.25) is 9.59 Å². The summed E-state index contributed by atoms with van der Waals surface area (Å²) in [5.41, 5.74) is 0.425. The topological polar surface area (TPSA) is 134 Å². The van der Waals surface area contributed by atoms with Crippen molar-refractivity contribution in [3.05, 3.63) is 59.2 Å². The number of methoxy groups -OCH3 is 2. The van der Waals surface area contributed by atoms with Gasteiger partial charge < -0.3 is 24.6 Å². The van der Waals surface area contributed by atoms with Crippen LogP contribution in [0.1, 0.15) is 17.2 Å². The lowest BCUT2D eigenvalue weighted by atomic mass is 9.95. The average molecular weight is 491 g/mol. The van der Waals surface area contributed by atoms with Crippen LogP contribution in [-0.4, -0.2) is 81.0 Å². The summed E-state index contributed by atoms with van der Waals surface area (Å²) in [7, 11) is 1.93. The third kappa shape index (κ3) is 4.49. The molecule has 1 saturated heterocycles. The summed E-state index contributed by atoms with van der Waals surface area (Å²) in [6.45, 7) is 0.224. The zero-order valence-corrected chi connectivity index (χ0v) is 20.0. The number of benzene rings is 2. The number of ether oxygens (including phenoxy) is 2. The van der Waals surface area contributed by atoms with Gasteiger partial charge in [-0.2, -0.15) is 0 Å². The fourth-order valence-electron chi connectivity index (χ4n) is 3.66. The maximum atomic E-state index is 13.0. The molecule has 34 heavy (non-hydrogen) atoms. The molecule has 0 aliphatic carbocycles. The van der Waals surface area contributed by atoms with Crippen LogP contribution in [0.3, 0.4) is 0 Å². The first-order valence-electron chi connectivity index (χ1n) is 10.2. The lowest BCUT2D eigenvalue weighted by Crippen LogP contribution is -2.32. The molecule has 0 radical (unpaired) electrons. The second-order valence-corrected chi connectivity index (χ2v) is 9.88. The molecule has 0 aromatic heterocycles. The highest BCUT2D eigenvalue weighted by atomic mass is 32.2. The molecule has 1 aliphatic rings. The highest BCUT2D eigenvalue weighted by Crippen LogP contribution is 2.41. The predicted molar refractivity (Wildman–Crippen MR) is 123 cm³/mol. The van der Waals surface area contributed by atoms with Gasteiger partial charge in [0, 0.05) is 33.3 Å². The van der Waals surface area contributed by atoms with Gasteiger partial charge in [0.1, 0.15) is 5.76 Å². The quantitative estimate of drug-likeness (QED) is 0.325. The number of Topliss-reactive ketones (excluding diaryl/α,β-unsaturated/α-hetero) is 1. The molecule has 0 spiro atoms. The summed E-state index contributed by atoms with van der Waals surface area (Å²) in [6, 6.07) is 8.74. The fraction of sp³-hybridized carbons (Fsp3) is 0.304. The number of aliphatic hydroxyl groups is 1. The van der Waals surface area contributed by atoms with Crippen LogP contribution in [0.25, 0.3) is 5.76 Å². The molecule has 2 aromatic rings. The minimum absolute atomic E-state index is 0.00872. The van der Waals surface area contributed by atoms with Crippen LogP contribution in [-0.2, 0) is 24.3 Å². The number of phenols is 1. The van der Waals surface area contributed by atoms with E-state index >= 15 is 0 Å². The highest BCUT2D eigenvalue weighted by Gasteiger charge is 2.46. The highest BCUT2D eigenvalue weighted by molar-refractivity contribution is 7.89. The van der Waals surface area contributed by atoms with Crippen LogP contribution in [0, 0.1) is 0 Å². The number of aliphatic hydroxyl groups excluding tert-OH is 1. The van der Waals surface area contributed by atoms with Gasteiger partial charge in [0.15, 0.2) is 11.5 Å². The van der Waals surface area contributed by atoms with Crippen molar-refractivity contribution in [3.63, 3.8) is 0 Å². The molecule has 182 valence electrons. The molecule has 10 nitrogen and oxygen atoms in total. The zero-order chi connectivity index (χ0) is 25.2. The van der Waals surface area contributed by atoms with E-state index in [9.17, 15) is 28.2 Å².